The van der Waals surface area contributed by atoms with Gasteiger partial charge in [-0.2, -0.15) is 0 Å². The van der Waals surface area contributed by atoms with Crippen LogP contribution in [0.3, 0.4) is 0 Å². The van der Waals surface area contributed by atoms with Crippen LogP contribution in [-0.2, 0) is 9.53 Å². The number of guanidine groups is 1. The first-order valence-corrected chi connectivity index (χ1v) is 5.52. The lowest BCUT2D eigenvalue weighted by Gasteiger charge is -2.05. The summed E-state index contributed by atoms with van der Waals surface area (Å²) in [4.78, 5) is 15.0. The summed E-state index contributed by atoms with van der Waals surface area (Å²) in [6.45, 7) is 4.18. The van der Waals surface area contributed by atoms with Gasteiger partial charge in [-0.15, -0.1) is 30.4 Å². The number of carbonyl (C=O) groups excluding carboxylic acids is 1. The molecule has 104 valence electrons. The lowest BCUT2D eigenvalue weighted by molar-refractivity contribution is -0.119. The summed E-state index contributed by atoms with van der Waals surface area (Å²) in [7, 11) is 0. The normalized spacial score (nSPS) is 10.1. The summed E-state index contributed by atoms with van der Waals surface area (Å²) in [5, 5.41) is 5.37. The largest absolute Gasteiger partial charge is 0.382 e. The van der Waals surface area contributed by atoms with E-state index in [1.165, 1.54) is 0 Å². The number of nitrogens with one attached hydrogen (secondary N) is 2. The second kappa shape index (κ2) is 14.1. The number of hydrogen-bond donors (Lipinski definition) is 3. The van der Waals surface area contributed by atoms with Gasteiger partial charge in [0, 0.05) is 19.8 Å². The van der Waals surface area contributed by atoms with Gasteiger partial charge in [-0.1, -0.05) is 5.92 Å². The predicted octanol–water partition coefficient (Wildman–Crippen LogP) is -0.315. The van der Waals surface area contributed by atoms with Crippen LogP contribution in [-0.4, -0.2) is 44.7 Å². The highest BCUT2D eigenvalue weighted by atomic mass is 127. The van der Waals surface area contributed by atoms with Gasteiger partial charge >= 0.3 is 0 Å². The molecule has 0 rings (SSSR count). The Kier molecular flexibility index (Phi) is 15.1. The number of aliphatic imine (C=N–C) groups is 1. The Bertz CT molecular complexity index is 289. The van der Waals surface area contributed by atoms with E-state index in [2.05, 4.69) is 21.5 Å². The van der Waals surface area contributed by atoms with Crippen molar-refractivity contribution in [3.05, 3.63) is 0 Å². The van der Waals surface area contributed by atoms with Gasteiger partial charge in [-0.05, 0) is 13.3 Å². The van der Waals surface area contributed by atoms with Crippen LogP contribution in [0.15, 0.2) is 4.99 Å². The first-order valence-electron chi connectivity index (χ1n) is 5.52. The molecule has 0 aliphatic heterocycles. The number of nitrogens with two attached hydrogens (primary N) is 1. The number of halogens is 1. The quantitative estimate of drug-likeness (QED) is 0.180. The zero-order chi connectivity index (χ0) is 12.9. The van der Waals surface area contributed by atoms with Gasteiger partial charge in [0.2, 0.25) is 5.91 Å². The van der Waals surface area contributed by atoms with Crippen LogP contribution in [0.2, 0.25) is 0 Å². The standard InChI is InChI=1S/C11H20N4O2.HI/c1-3-6-13-10(16)9-15-11(12)14-7-5-8-17-4-2;/h1H,4-9H2,2H3,(H,13,16)(H3,12,14,15);1H. The minimum atomic E-state index is -0.248. The number of amides is 1. The first kappa shape index (κ1) is 19.3. The molecule has 0 aliphatic carbocycles. The molecule has 0 aliphatic rings. The molecule has 0 fully saturated rings. The first-order chi connectivity index (χ1) is 8.20. The third-order valence-corrected chi connectivity index (χ3v) is 1.76. The molecule has 0 saturated carbocycles. The van der Waals surface area contributed by atoms with E-state index >= 15 is 0 Å². The lowest BCUT2D eigenvalue weighted by atomic mass is 10.4. The summed E-state index contributed by atoms with van der Waals surface area (Å²) < 4.78 is 5.15. The van der Waals surface area contributed by atoms with E-state index in [1.807, 2.05) is 6.92 Å². The maximum atomic E-state index is 11.1. The number of terminal acetylenes is 1. The maximum Gasteiger partial charge on any atom is 0.242 e. The van der Waals surface area contributed by atoms with Gasteiger partial charge in [0.05, 0.1) is 6.54 Å². The Morgan fingerprint density at radius 3 is 2.83 bits per heavy atom. The van der Waals surface area contributed by atoms with Crippen LogP contribution in [0.4, 0.5) is 0 Å². The summed E-state index contributed by atoms with van der Waals surface area (Å²) in [6, 6.07) is 0. The van der Waals surface area contributed by atoms with Crippen molar-refractivity contribution in [3.8, 4) is 12.3 Å². The number of carbonyl (C=O) groups is 1. The van der Waals surface area contributed by atoms with E-state index in [9.17, 15) is 4.79 Å². The molecule has 0 bridgehead atoms. The molecule has 0 atom stereocenters. The van der Waals surface area contributed by atoms with Crippen molar-refractivity contribution >= 4 is 35.8 Å². The van der Waals surface area contributed by atoms with Gasteiger partial charge < -0.3 is 21.1 Å². The third kappa shape index (κ3) is 13.1. The third-order valence-electron chi connectivity index (χ3n) is 1.76. The van der Waals surface area contributed by atoms with Crippen LogP contribution in [0, 0.1) is 12.3 Å². The summed E-state index contributed by atoms with van der Waals surface area (Å²) in [5.74, 6) is 2.30. The van der Waals surface area contributed by atoms with Gasteiger partial charge in [-0.3, -0.25) is 4.79 Å². The van der Waals surface area contributed by atoms with Crippen LogP contribution in [0.1, 0.15) is 13.3 Å². The molecule has 0 spiro atoms. The molecule has 0 radical (unpaired) electrons. The van der Waals surface area contributed by atoms with Crippen molar-refractivity contribution < 1.29 is 9.53 Å². The SMILES string of the molecule is C#CCNC(=O)CN=C(N)NCCCOCC.I. The Morgan fingerprint density at radius 2 is 2.22 bits per heavy atom. The summed E-state index contributed by atoms with van der Waals surface area (Å²) in [5.41, 5.74) is 5.54. The minimum absolute atomic E-state index is 0. The lowest BCUT2D eigenvalue weighted by Crippen LogP contribution is -2.34. The van der Waals surface area contributed by atoms with E-state index in [-0.39, 0.29) is 48.9 Å². The van der Waals surface area contributed by atoms with Gasteiger partial charge in [0.15, 0.2) is 5.96 Å². The Morgan fingerprint density at radius 1 is 1.50 bits per heavy atom. The number of nitrogens with zero attached hydrogens (tertiary/aromatic N) is 1. The van der Waals surface area contributed by atoms with Crippen LogP contribution in [0.25, 0.3) is 0 Å². The van der Waals surface area contributed by atoms with E-state index in [1.54, 1.807) is 0 Å². The molecule has 0 saturated heterocycles. The van der Waals surface area contributed by atoms with Gasteiger partial charge in [0.25, 0.3) is 0 Å². The second-order valence-corrected chi connectivity index (χ2v) is 3.16. The molecule has 1 amide bonds. The molecule has 18 heavy (non-hydrogen) atoms. The molecular formula is C11H21IN4O2. The van der Waals surface area contributed by atoms with Crippen molar-refractivity contribution in [1.82, 2.24) is 10.6 Å². The number of ether oxygens (including phenoxy) is 1. The van der Waals surface area contributed by atoms with Gasteiger partial charge in [-0.25, -0.2) is 4.99 Å². The molecule has 4 N–H and O–H groups in total. The minimum Gasteiger partial charge on any atom is -0.382 e. The van der Waals surface area contributed by atoms with E-state index in [4.69, 9.17) is 16.9 Å². The molecule has 0 unspecified atom stereocenters. The zero-order valence-corrected chi connectivity index (χ0v) is 12.9. The Balaban J connectivity index is 0. The van der Waals surface area contributed by atoms with Crippen LogP contribution >= 0.6 is 24.0 Å². The molecule has 0 heterocycles. The predicted molar refractivity (Wildman–Crippen MR) is 82.9 cm³/mol. The molecule has 0 aromatic rings. The average molecular weight is 368 g/mol. The fourth-order valence-corrected chi connectivity index (χ4v) is 0.953. The molecule has 6 nitrogen and oxygen atoms in total. The summed E-state index contributed by atoms with van der Waals surface area (Å²) in [6.07, 6.45) is 5.83. The second-order valence-electron chi connectivity index (χ2n) is 3.16. The monoisotopic (exact) mass is 368 g/mol. The van der Waals surface area contributed by atoms with Crippen molar-refractivity contribution in [2.75, 3.05) is 32.8 Å². The highest BCUT2D eigenvalue weighted by molar-refractivity contribution is 14.0. The van der Waals surface area contributed by atoms with Gasteiger partial charge in [0.1, 0.15) is 6.54 Å². The van der Waals surface area contributed by atoms with Crippen molar-refractivity contribution in [1.29, 1.82) is 0 Å². The highest BCUT2D eigenvalue weighted by Crippen LogP contribution is 1.80. The highest BCUT2D eigenvalue weighted by Gasteiger charge is 1.98. The van der Waals surface area contributed by atoms with E-state index in [0.717, 1.165) is 6.42 Å². The fraction of sp³-hybridized carbons (Fsp3) is 0.636. The maximum absolute atomic E-state index is 11.1. The van der Waals surface area contributed by atoms with Crippen molar-refractivity contribution in [3.63, 3.8) is 0 Å². The average Bonchev–Trinajstić information content (AvgIpc) is 2.33. The van der Waals surface area contributed by atoms with Crippen molar-refractivity contribution in [2.45, 2.75) is 13.3 Å². The summed E-state index contributed by atoms with van der Waals surface area (Å²) >= 11 is 0. The Labute approximate surface area is 125 Å². The fourth-order valence-electron chi connectivity index (χ4n) is 0.953. The number of rotatable bonds is 8. The molecule has 0 aromatic heterocycles. The van der Waals surface area contributed by atoms with Crippen LogP contribution < -0.4 is 16.4 Å². The van der Waals surface area contributed by atoms with Crippen LogP contribution in [0.5, 0.6) is 0 Å². The molecule has 7 heteroatoms. The molecule has 0 aromatic carbocycles. The van der Waals surface area contributed by atoms with Crippen molar-refractivity contribution in [2.24, 2.45) is 10.7 Å². The number of hydrogen-bond acceptors (Lipinski definition) is 3. The zero-order valence-electron chi connectivity index (χ0n) is 10.6. The topological polar surface area (TPSA) is 88.7 Å². The smallest absolute Gasteiger partial charge is 0.242 e. The van der Waals surface area contributed by atoms with E-state index in [0.29, 0.717) is 19.8 Å². The molecular weight excluding hydrogens is 347 g/mol. The van der Waals surface area contributed by atoms with E-state index < -0.39 is 0 Å². The Hall–Kier alpha value is -1.01.